The van der Waals surface area contributed by atoms with E-state index in [0.717, 1.165) is 50.0 Å². The molecular formula is C53H37NO. The third kappa shape index (κ3) is 4.88. The van der Waals surface area contributed by atoms with E-state index in [2.05, 4.69) is 201 Å². The Morgan fingerprint density at radius 1 is 0.400 bits per heavy atom. The quantitative estimate of drug-likeness (QED) is 0.177. The van der Waals surface area contributed by atoms with Gasteiger partial charge in [0.25, 0.3) is 0 Å². The Labute approximate surface area is 320 Å². The van der Waals surface area contributed by atoms with Crippen LogP contribution in [0.3, 0.4) is 0 Å². The molecule has 0 fully saturated rings. The zero-order valence-corrected chi connectivity index (χ0v) is 30.8. The third-order valence-corrected chi connectivity index (χ3v) is 11.9. The highest BCUT2D eigenvalue weighted by Crippen LogP contribution is 2.51. The summed E-state index contributed by atoms with van der Waals surface area (Å²) in [6, 6.07) is 68.5. The van der Waals surface area contributed by atoms with Gasteiger partial charge >= 0.3 is 0 Å². The molecule has 0 N–H and O–H groups in total. The Balaban J connectivity index is 1.07. The highest BCUT2D eigenvalue weighted by molar-refractivity contribution is 6.17. The van der Waals surface area contributed by atoms with E-state index in [0.29, 0.717) is 0 Å². The van der Waals surface area contributed by atoms with E-state index in [4.69, 9.17) is 4.42 Å². The second-order valence-corrected chi connectivity index (χ2v) is 15.3. The first-order valence-electron chi connectivity index (χ1n) is 19.1. The normalized spacial score (nSPS) is 13.1. The minimum Gasteiger partial charge on any atom is -0.455 e. The molecule has 1 aliphatic carbocycles. The Hall–Kier alpha value is -6.90. The number of para-hydroxylation sites is 2. The number of hydrogen-bond acceptors (Lipinski definition) is 2. The second kappa shape index (κ2) is 12.1. The highest BCUT2D eigenvalue weighted by Gasteiger charge is 2.36. The smallest absolute Gasteiger partial charge is 0.143 e. The van der Waals surface area contributed by atoms with Crippen molar-refractivity contribution in [3.05, 3.63) is 199 Å². The molecule has 1 aromatic heterocycles. The fourth-order valence-corrected chi connectivity index (χ4v) is 9.11. The lowest BCUT2D eigenvalue weighted by molar-refractivity contribution is 0.660. The summed E-state index contributed by atoms with van der Waals surface area (Å²) in [5, 5.41) is 7.08. The van der Waals surface area contributed by atoms with E-state index < -0.39 is 0 Å². The van der Waals surface area contributed by atoms with Crippen molar-refractivity contribution in [3.8, 4) is 33.4 Å². The van der Waals surface area contributed by atoms with Crippen LogP contribution in [0.2, 0.25) is 0 Å². The van der Waals surface area contributed by atoms with E-state index in [1.54, 1.807) is 0 Å². The number of hydrogen-bond donors (Lipinski definition) is 0. The number of nitrogens with zero attached hydrogens (tertiary/aromatic N) is 1. The van der Waals surface area contributed by atoms with Crippen molar-refractivity contribution >= 4 is 60.5 Å². The average molecular weight is 704 g/mol. The first-order valence-corrected chi connectivity index (χ1v) is 19.1. The van der Waals surface area contributed by atoms with Gasteiger partial charge in [-0.05, 0) is 104 Å². The average Bonchev–Trinajstić information content (AvgIpc) is 3.73. The minimum absolute atomic E-state index is 0.116. The molecule has 2 heteroatoms. The second-order valence-electron chi connectivity index (χ2n) is 15.3. The molecule has 0 spiro atoms. The Morgan fingerprint density at radius 2 is 1.04 bits per heavy atom. The fourth-order valence-electron chi connectivity index (χ4n) is 9.11. The van der Waals surface area contributed by atoms with Gasteiger partial charge in [0, 0.05) is 38.5 Å². The van der Waals surface area contributed by atoms with Gasteiger partial charge in [-0.3, -0.25) is 0 Å². The Kier molecular flexibility index (Phi) is 6.93. The molecule has 0 saturated heterocycles. The summed E-state index contributed by atoms with van der Waals surface area (Å²) in [6.45, 7) is 4.71. The minimum atomic E-state index is -0.116. The molecule has 1 aliphatic rings. The van der Waals surface area contributed by atoms with E-state index in [-0.39, 0.29) is 5.41 Å². The monoisotopic (exact) mass is 703 g/mol. The third-order valence-electron chi connectivity index (χ3n) is 11.9. The summed E-state index contributed by atoms with van der Waals surface area (Å²) in [5.74, 6) is 0. The molecule has 0 saturated carbocycles. The molecular weight excluding hydrogens is 667 g/mol. The molecule has 11 rings (SSSR count). The van der Waals surface area contributed by atoms with Crippen molar-refractivity contribution in [1.29, 1.82) is 0 Å². The molecule has 0 unspecified atom stereocenters. The van der Waals surface area contributed by atoms with Crippen molar-refractivity contribution in [2.45, 2.75) is 19.3 Å². The molecule has 0 amide bonds. The maximum atomic E-state index is 6.44. The SMILES string of the molecule is CC1(C)c2ccccc2-c2ccc(N(c3ccc(-c4cccc5c4ccc4c6ccccc6oc54)cc3)c3ccccc3-c3ccc4ccccc4c3)cc21. The predicted molar refractivity (Wildman–Crippen MR) is 232 cm³/mol. The molecule has 0 atom stereocenters. The van der Waals surface area contributed by atoms with Gasteiger partial charge in [-0.15, -0.1) is 0 Å². The predicted octanol–water partition coefficient (Wildman–Crippen LogP) is 15.0. The summed E-state index contributed by atoms with van der Waals surface area (Å²) in [7, 11) is 0. The lowest BCUT2D eigenvalue weighted by Gasteiger charge is -2.30. The van der Waals surface area contributed by atoms with Crippen LogP contribution in [0.25, 0.3) is 76.9 Å². The Morgan fingerprint density at radius 3 is 1.93 bits per heavy atom. The maximum Gasteiger partial charge on any atom is 0.143 e. The van der Waals surface area contributed by atoms with Crippen LogP contribution in [0.4, 0.5) is 17.1 Å². The Bertz CT molecular complexity index is 3130. The molecule has 0 aliphatic heterocycles. The molecule has 9 aromatic carbocycles. The van der Waals surface area contributed by atoms with Crippen LogP contribution >= 0.6 is 0 Å². The van der Waals surface area contributed by atoms with Crippen LogP contribution in [0.1, 0.15) is 25.0 Å². The molecule has 0 bridgehead atoms. The van der Waals surface area contributed by atoms with Crippen molar-refractivity contribution in [2.75, 3.05) is 4.90 Å². The van der Waals surface area contributed by atoms with E-state index in [9.17, 15) is 0 Å². The van der Waals surface area contributed by atoms with E-state index in [1.807, 2.05) is 6.07 Å². The molecule has 0 radical (unpaired) electrons. The van der Waals surface area contributed by atoms with Gasteiger partial charge in [-0.1, -0.05) is 153 Å². The summed E-state index contributed by atoms with van der Waals surface area (Å²) >= 11 is 0. The van der Waals surface area contributed by atoms with Gasteiger partial charge in [0.1, 0.15) is 11.2 Å². The lowest BCUT2D eigenvalue weighted by atomic mass is 9.82. The molecule has 1 heterocycles. The zero-order chi connectivity index (χ0) is 36.7. The van der Waals surface area contributed by atoms with Gasteiger partial charge in [0.05, 0.1) is 5.69 Å². The standard InChI is InChI=1S/C53H37NO/c1-53(2)48-19-8-5-15-43(48)44-29-28-39(33-49(44)53)54(50-20-9-6-14-41(50)37-23-22-34-12-3-4-13-36(34)32-37)38-26-24-35(25-27-38)40-17-11-18-46-42(40)30-31-47-45-16-7-10-21-51(45)55-52(46)47/h3-33H,1-2H3. The van der Waals surface area contributed by atoms with Crippen LogP contribution in [0.5, 0.6) is 0 Å². The lowest BCUT2D eigenvalue weighted by Crippen LogP contribution is -2.16. The van der Waals surface area contributed by atoms with E-state index in [1.165, 1.54) is 55.1 Å². The fraction of sp³-hybridized carbons (Fsp3) is 0.0566. The summed E-state index contributed by atoms with van der Waals surface area (Å²) in [5.41, 5.74) is 15.2. The van der Waals surface area contributed by atoms with E-state index >= 15 is 0 Å². The van der Waals surface area contributed by atoms with Crippen LogP contribution in [0.15, 0.2) is 192 Å². The van der Waals surface area contributed by atoms with Crippen LogP contribution in [0, 0.1) is 0 Å². The molecule has 2 nitrogen and oxygen atoms in total. The van der Waals surface area contributed by atoms with Gasteiger partial charge < -0.3 is 9.32 Å². The number of anilines is 3. The molecule has 260 valence electrons. The highest BCUT2D eigenvalue weighted by atomic mass is 16.3. The van der Waals surface area contributed by atoms with Crippen molar-refractivity contribution in [1.82, 2.24) is 0 Å². The maximum absolute atomic E-state index is 6.44. The largest absolute Gasteiger partial charge is 0.455 e. The van der Waals surface area contributed by atoms with Gasteiger partial charge in [0.2, 0.25) is 0 Å². The van der Waals surface area contributed by atoms with Crippen molar-refractivity contribution in [3.63, 3.8) is 0 Å². The first-order chi connectivity index (χ1) is 27.0. The molecule has 10 aromatic rings. The number of furan rings is 1. The number of fused-ring (bicyclic) bond motifs is 9. The van der Waals surface area contributed by atoms with Gasteiger partial charge in [-0.25, -0.2) is 0 Å². The summed E-state index contributed by atoms with van der Waals surface area (Å²) in [4.78, 5) is 2.44. The van der Waals surface area contributed by atoms with Crippen LogP contribution < -0.4 is 4.90 Å². The van der Waals surface area contributed by atoms with Crippen molar-refractivity contribution < 1.29 is 4.42 Å². The number of rotatable bonds is 5. The van der Waals surface area contributed by atoms with Gasteiger partial charge in [0.15, 0.2) is 0 Å². The van der Waals surface area contributed by atoms with Crippen LogP contribution in [-0.2, 0) is 5.41 Å². The first kappa shape index (κ1) is 31.6. The van der Waals surface area contributed by atoms with Crippen LogP contribution in [-0.4, -0.2) is 0 Å². The van der Waals surface area contributed by atoms with Crippen molar-refractivity contribution in [2.24, 2.45) is 0 Å². The number of benzene rings is 9. The van der Waals surface area contributed by atoms with Gasteiger partial charge in [-0.2, -0.15) is 0 Å². The topological polar surface area (TPSA) is 16.4 Å². The summed E-state index contributed by atoms with van der Waals surface area (Å²) in [6.07, 6.45) is 0. The zero-order valence-electron chi connectivity index (χ0n) is 30.8. The molecule has 55 heavy (non-hydrogen) atoms. The summed E-state index contributed by atoms with van der Waals surface area (Å²) < 4.78 is 6.44.